The molecule has 2 saturated carbocycles. The number of rotatable bonds is 4. The average molecular weight is 443 g/mol. The predicted molar refractivity (Wildman–Crippen MR) is 125 cm³/mol. The van der Waals surface area contributed by atoms with Gasteiger partial charge in [0, 0.05) is 5.56 Å². The van der Waals surface area contributed by atoms with Gasteiger partial charge in [0.15, 0.2) is 0 Å². The molecule has 1 aromatic rings. The number of aryl methyl sites for hydroxylation is 1. The third-order valence-corrected chi connectivity index (χ3v) is 9.09. The molecule has 0 radical (unpaired) electrons. The van der Waals surface area contributed by atoms with Crippen molar-refractivity contribution in [3.05, 3.63) is 51.1 Å². The van der Waals surface area contributed by atoms with E-state index in [0.717, 1.165) is 37.7 Å². The summed E-state index contributed by atoms with van der Waals surface area (Å²) in [5.41, 5.74) is 2.73. The van der Waals surface area contributed by atoms with Gasteiger partial charge in [-0.15, -0.1) is 0 Å². The molecule has 0 amide bonds. The molecular weight excluding hydrogens is 404 g/mol. The van der Waals surface area contributed by atoms with Gasteiger partial charge in [-0.2, -0.15) is 0 Å². The minimum absolute atomic E-state index is 0.0216. The van der Waals surface area contributed by atoms with Gasteiger partial charge in [-0.3, -0.25) is 0 Å². The summed E-state index contributed by atoms with van der Waals surface area (Å²) in [7, 11) is 0. The zero-order chi connectivity index (χ0) is 23.4. The first kappa shape index (κ1) is 23.3. The van der Waals surface area contributed by atoms with E-state index in [1.165, 1.54) is 5.57 Å². The third-order valence-electron chi connectivity index (χ3n) is 9.09. The van der Waals surface area contributed by atoms with Gasteiger partial charge in [0.1, 0.15) is 11.5 Å². The van der Waals surface area contributed by atoms with Crippen molar-refractivity contribution in [2.24, 2.45) is 22.7 Å². The first-order chi connectivity index (χ1) is 15.0. The van der Waals surface area contributed by atoms with Crippen LogP contribution in [0.2, 0.25) is 0 Å². The molecular formula is C27H38O5. The zero-order valence-corrected chi connectivity index (χ0v) is 20.2. The lowest BCUT2D eigenvalue weighted by Crippen LogP contribution is -2.54. The first-order valence-electron chi connectivity index (χ1n) is 11.9. The second-order valence-corrected chi connectivity index (χ2v) is 11.0. The van der Waals surface area contributed by atoms with Crippen molar-refractivity contribution < 1.29 is 19.4 Å². The second-order valence-electron chi connectivity index (χ2n) is 11.0. The molecule has 5 heteroatoms. The quantitative estimate of drug-likeness (QED) is 0.642. The number of ether oxygens (including phenoxy) is 1. The van der Waals surface area contributed by atoms with Crippen LogP contribution in [0.15, 0.2) is 33.0 Å². The van der Waals surface area contributed by atoms with Crippen molar-refractivity contribution in [2.45, 2.75) is 85.4 Å². The van der Waals surface area contributed by atoms with E-state index in [1.54, 1.807) is 13.8 Å². The number of aromatic hydroxyl groups is 1. The van der Waals surface area contributed by atoms with Crippen molar-refractivity contribution in [1.82, 2.24) is 0 Å². The fourth-order valence-corrected chi connectivity index (χ4v) is 7.16. The number of aliphatic hydroxyl groups is 1. The maximum absolute atomic E-state index is 12.7. The summed E-state index contributed by atoms with van der Waals surface area (Å²) in [5.74, 6) is 1.10. The van der Waals surface area contributed by atoms with Crippen LogP contribution in [0, 0.1) is 36.5 Å². The van der Waals surface area contributed by atoms with Crippen molar-refractivity contribution >= 4 is 0 Å². The van der Waals surface area contributed by atoms with Gasteiger partial charge in [-0.25, -0.2) is 4.79 Å². The minimum atomic E-state index is -0.432. The SMILES string of the molecule is C=C1CC[C@H]2[C@]3(C)C[C@@H](/C=C(\C)CO)O[C@H]3CC[C@]2(C)[C@@H]1Cc1c(O)c(C)c(C)oc1=O. The van der Waals surface area contributed by atoms with Crippen LogP contribution in [0.3, 0.4) is 0 Å². The molecule has 2 N–H and O–H groups in total. The third kappa shape index (κ3) is 3.58. The minimum Gasteiger partial charge on any atom is -0.507 e. The molecule has 3 aliphatic rings. The van der Waals surface area contributed by atoms with E-state index < -0.39 is 5.63 Å². The molecule has 0 spiro atoms. The largest absolute Gasteiger partial charge is 0.507 e. The van der Waals surface area contributed by atoms with E-state index >= 15 is 0 Å². The van der Waals surface area contributed by atoms with Crippen LogP contribution in [-0.2, 0) is 11.2 Å². The molecule has 4 rings (SSSR count). The molecule has 2 heterocycles. The lowest BCUT2D eigenvalue weighted by atomic mass is 9.45. The normalized spacial score (nSPS) is 37.3. The molecule has 1 aliphatic heterocycles. The fourth-order valence-electron chi connectivity index (χ4n) is 7.16. The smallest absolute Gasteiger partial charge is 0.342 e. The zero-order valence-electron chi connectivity index (χ0n) is 20.2. The van der Waals surface area contributed by atoms with Gasteiger partial charge in [0.2, 0.25) is 0 Å². The van der Waals surface area contributed by atoms with E-state index in [-0.39, 0.29) is 41.3 Å². The Morgan fingerprint density at radius 1 is 1.25 bits per heavy atom. The lowest BCUT2D eigenvalue weighted by Gasteiger charge is -2.59. The van der Waals surface area contributed by atoms with E-state index in [0.29, 0.717) is 29.2 Å². The van der Waals surface area contributed by atoms with E-state index in [4.69, 9.17) is 9.15 Å². The summed E-state index contributed by atoms with van der Waals surface area (Å²) in [6.45, 7) is 14.7. The molecule has 6 atom stereocenters. The van der Waals surface area contributed by atoms with Crippen LogP contribution in [0.1, 0.15) is 69.8 Å². The maximum Gasteiger partial charge on any atom is 0.342 e. The number of hydrogen-bond acceptors (Lipinski definition) is 5. The Labute approximate surface area is 191 Å². The molecule has 0 aromatic carbocycles. The Bertz CT molecular complexity index is 1000. The van der Waals surface area contributed by atoms with Crippen LogP contribution < -0.4 is 5.63 Å². The predicted octanol–water partition coefficient (Wildman–Crippen LogP) is 4.99. The van der Waals surface area contributed by atoms with Crippen molar-refractivity contribution in [1.29, 1.82) is 0 Å². The molecule has 5 nitrogen and oxygen atoms in total. The Morgan fingerprint density at radius 3 is 2.66 bits per heavy atom. The number of hydrogen-bond donors (Lipinski definition) is 2. The monoisotopic (exact) mass is 442 g/mol. The highest BCUT2D eigenvalue weighted by Crippen LogP contribution is 2.65. The highest BCUT2D eigenvalue weighted by Gasteiger charge is 2.61. The second kappa shape index (κ2) is 8.18. The van der Waals surface area contributed by atoms with Gasteiger partial charge in [-0.05, 0) is 87.5 Å². The number of fused-ring (bicyclic) bond motifs is 3. The summed E-state index contributed by atoms with van der Waals surface area (Å²) in [5, 5.41) is 20.2. The van der Waals surface area contributed by atoms with Gasteiger partial charge in [0.25, 0.3) is 0 Å². The average Bonchev–Trinajstić information content (AvgIpc) is 3.06. The first-order valence-corrected chi connectivity index (χ1v) is 11.9. The number of aliphatic hydroxyl groups excluding tert-OH is 1. The molecule has 0 unspecified atom stereocenters. The highest BCUT2D eigenvalue weighted by atomic mass is 16.5. The summed E-state index contributed by atoms with van der Waals surface area (Å²) >= 11 is 0. The standard InChI is InChI=1S/C27H38O5/c1-15(14-28)11-19-13-27(6)22-8-7-16(2)21(26(22,5)10-9-23(27)32-19)12-20-24(29)17(3)18(4)31-25(20)30/h11,19,21-23,28-29H,2,7-10,12-14H2,1,3-6H3/b15-11+/t19-,21-,22-,23+,26-,27+/m1/s1. The summed E-state index contributed by atoms with van der Waals surface area (Å²) in [6.07, 6.45) is 7.74. The molecule has 0 bridgehead atoms. The Hall–Kier alpha value is -1.85. The van der Waals surface area contributed by atoms with Crippen LogP contribution in [0.4, 0.5) is 0 Å². The summed E-state index contributed by atoms with van der Waals surface area (Å²) in [6, 6.07) is 0. The molecule has 2 aliphatic carbocycles. The van der Waals surface area contributed by atoms with Crippen molar-refractivity contribution in [3.63, 3.8) is 0 Å². The van der Waals surface area contributed by atoms with Gasteiger partial charge >= 0.3 is 5.63 Å². The molecule has 1 aromatic heterocycles. The fraction of sp³-hybridized carbons (Fsp3) is 0.667. The van der Waals surface area contributed by atoms with Crippen molar-refractivity contribution in [3.8, 4) is 5.75 Å². The van der Waals surface area contributed by atoms with Crippen LogP contribution in [-0.4, -0.2) is 29.0 Å². The van der Waals surface area contributed by atoms with Crippen molar-refractivity contribution in [2.75, 3.05) is 6.61 Å². The maximum atomic E-state index is 12.7. The molecule has 32 heavy (non-hydrogen) atoms. The molecule has 3 fully saturated rings. The molecule has 1 saturated heterocycles. The lowest BCUT2D eigenvalue weighted by molar-refractivity contribution is -0.110. The summed E-state index contributed by atoms with van der Waals surface area (Å²) in [4.78, 5) is 12.7. The number of allylic oxidation sites excluding steroid dienone is 1. The Morgan fingerprint density at radius 2 is 1.97 bits per heavy atom. The Balaban J connectivity index is 1.68. The van der Waals surface area contributed by atoms with Gasteiger partial charge in [0.05, 0.1) is 24.4 Å². The topological polar surface area (TPSA) is 79.9 Å². The highest BCUT2D eigenvalue weighted by molar-refractivity contribution is 5.40. The van der Waals surface area contributed by atoms with E-state index in [1.807, 2.05) is 6.92 Å². The van der Waals surface area contributed by atoms with E-state index in [9.17, 15) is 15.0 Å². The van der Waals surface area contributed by atoms with Crippen LogP contribution in [0.25, 0.3) is 0 Å². The van der Waals surface area contributed by atoms with Gasteiger partial charge < -0.3 is 19.4 Å². The van der Waals surface area contributed by atoms with E-state index in [2.05, 4.69) is 26.5 Å². The van der Waals surface area contributed by atoms with Crippen LogP contribution >= 0.6 is 0 Å². The van der Waals surface area contributed by atoms with Gasteiger partial charge in [-0.1, -0.05) is 32.1 Å². The summed E-state index contributed by atoms with van der Waals surface area (Å²) < 4.78 is 11.9. The molecule has 176 valence electrons. The Kier molecular flexibility index (Phi) is 5.96. The van der Waals surface area contributed by atoms with Crippen LogP contribution in [0.5, 0.6) is 5.75 Å².